The molecule has 0 radical (unpaired) electrons. The minimum atomic E-state index is -4.36. The molecule has 1 fully saturated rings. The lowest BCUT2D eigenvalue weighted by Crippen LogP contribution is -2.29. The van der Waals surface area contributed by atoms with Crippen molar-refractivity contribution in [2.75, 3.05) is 13.2 Å². The number of hydrogen-bond acceptors (Lipinski definition) is 3. The van der Waals surface area contributed by atoms with Gasteiger partial charge in [-0.2, -0.15) is 18.4 Å². The third kappa shape index (κ3) is 3.71. The Morgan fingerprint density at radius 2 is 2.05 bits per heavy atom. The molecule has 2 rings (SSSR count). The second-order valence-electron chi connectivity index (χ2n) is 4.73. The number of nitrogens with zero attached hydrogens (tertiary/aromatic N) is 1. The van der Waals surface area contributed by atoms with E-state index in [9.17, 15) is 13.2 Å². The highest BCUT2D eigenvalue weighted by Gasteiger charge is 2.30. The SMILES string of the molecule is N#CC(NCC1CCCO1)c1ccc(C(F)(F)F)cc1. The fourth-order valence-corrected chi connectivity index (χ4v) is 2.16. The summed E-state index contributed by atoms with van der Waals surface area (Å²) in [5.41, 5.74) is -0.185. The van der Waals surface area contributed by atoms with Gasteiger partial charge in [0, 0.05) is 13.2 Å². The molecule has 0 saturated carbocycles. The molecule has 0 amide bonds. The van der Waals surface area contributed by atoms with Crippen LogP contribution in [-0.4, -0.2) is 19.3 Å². The molecule has 1 aliphatic rings. The van der Waals surface area contributed by atoms with Gasteiger partial charge in [0.25, 0.3) is 0 Å². The van der Waals surface area contributed by atoms with Crippen molar-refractivity contribution in [2.45, 2.75) is 31.2 Å². The van der Waals surface area contributed by atoms with Crippen LogP contribution in [0.1, 0.15) is 30.0 Å². The summed E-state index contributed by atoms with van der Waals surface area (Å²) in [6, 6.07) is 6.08. The molecule has 1 aromatic carbocycles. The number of rotatable bonds is 4. The van der Waals surface area contributed by atoms with Crippen LogP contribution in [-0.2, 0) is 10.9 Å². The molecule has 6 heteroatoms. The Kier molecular flexibility index (Phi) is 4.63. The smallest absolute Gasteiger partial charge is 0.377 e. The van der Waals surface area contributed by atoms with Crippen molar-refractivity contribution in [2.24, 2.45) is 0 Å². The highest BCUT2D eigenvalue weighted by molar-refractivity contribution is 5.29. The van der Waals surface area contributed by atoms with Crippen LogP contribution in [0.25, 0.3) is 0 Å². The average Bonchev–Trinajstić information content (AvgIpc) is 2.92. The van der Waals surface area contributed by atoms with Gasteiger partial charge in [0.1, 0.15) is 6.04 Å². The summed E-state index contributed by atoms with van der Waals surface area (Å²) in [6.07, 6.45) is -2.33. The van der Waals surface area contributed by atoms with Crippen LogP contribution in [0.2, 0.25) is 0 Å². The van der Waals surface area contributed by atoms with E-state index in [1.54, 1.807) is 0 Å². The standard InChI is InChI=1S/C14H15F3N2O/c15-14(16,17)11-5-3-10(4-6-11)13(8-18)19-9-12-2-1-7-20-12/h3-6,12-13,19H,1-2,7,9H2. The first-order chi connectivity index (χ1) is 9.50. The van der Waals surface area contributed by atoms with Gasteiger partial charge in [-0.05, 0) is 30.5 Å². The van der Waals surface area contributed by atoms with Crippen LogP contribution in [0.5, 0.6) is 0 Å². The van der Waals surface area contributed by atoms with Gasteiger partial charge in [0.15, 0.2) is 0 Å². The van der Waals surface area contributed by atoms with E-state index in [0.29, 0.717) is 12.1 Å². The van der Waals surface area contributed by atoms with Crippen LogP contribution < -0.4 is 5.32 Å². The summed E-state index contributed by atoms with van der Waals surface area (Å²) in [4.78, 5) is 0. The van der Waals surface area contributed by atoms with Gasteiger partial charge in [-0.3, -0.25) is 5.32 Å². The first-order valence-electron chi connectivity index (χ1n) is 6.42. The Hall–Kier alpha value is -1.58. The molecule has 2 unspecified atom stereocenters. The molecule has 1 aromatic rings. The minimum Gasteiger partial charge on any atom is -0.377 e. The lowest BCUT2D eigenvalue weighted by atomic mass is 10.1. The maximum atomic E-state index is 12.5. The largest absolute Gasteiger partial charge is 0.416 e. The van der Waals surface area contributed by atoms with E-state index in [1.165, 1.54) is 12.1 Å². The summed E-state index contributed by atoms with van der Waals surface area (Å²) in [5, 5.41) is 12.1. The van der Waals surface area contributed by atoms with Gasteiger partial charge in [0.2, 0.25) is 0 Å². The molecular weight excluding hydrogens is 269 g/mol. The van der Waals surface area contributed by atoms with Gasteiger partial charge in [-0.15, -0.1) is 0 Å². The molecule has 1 N–H and O–H groups in total. The van der Waals surface area contributed by atoms with E-state index in [4.69, 9.17) is 10.00 Å². The first-order valence-corrected chi connectivity index (χ1v) is 6.42. The molecule has 0 spiro atoms. The number of hydrogen-bond donors (Lipinski definition) is 1. The number of ether oxygens (including phenoxy) is 1. The molecule has 0 aliphatic carbocycles. The Labute approximate surface area is 115 Å². The average molecular weight is 284 g/mol. The van der Waals surface area contributed by atoms with Crippen molar-refractivity contribution >= 4 is 0 Å². The highest BCUT2D eigenvalue weighted by atomic mass is 19.4. The molecule has 1 heterocycles. The number of nitrogens with one attached hydrogen (secondary N) is 1. The third-order valence-electron chi connectivity index (χ3n) is 3.27. The lowest BCUT2D eigenvalue weighted by Gasteiger charge is -2.16. The Balaban J connectivity index is 1.98. The Bertz CT molecular complexity index is 473. The van der Waals surface area contributed by atoms with Crippen molar-refractivity contribution in [3.63, 3.8) is 0 Å². The van der Waals surface area contributed by atoms with E-state index in [2.05, 4.69) is 11.4 Å². The summed E-state index contributed by atoms with van der Waals surface area (Å²) in [7, 11) is 0. The summed E-state index contributed by atoms with van der Waals surface area (Å²) < 4.78 is 42.8. The third-order valence-corrected chi connectivity index (χ3v) is 3.27. The van der Waals surface area contributed by atoms with Crippen molar-refractivity contribution in [3.8, 4) is 6.07 Å². The fraction of sp³-hybridized carbons (Fsp3) is 0.500. The Morgan fingerprint density at radius 3 is 2.55 bits per heavy atom. The molecule has 1 saturated heterocycles. The van der Waals surface area contributed by atoms with Gasteiger partial charge in [0.05, 0.1) is 17.7 Å². The van der Waals surface area contributed by atoms with E-state index < -0.39 is 17.8 Å². The molecule has 0 bridgehead atoms. The quantitative estimate of drug-likeness (QED) is 0.924. The van der Waals surface area contributed by atoms with Gasteiger partial charge < -0.3 is 4.74 Å². The number of alkyl halides is 3. The van der Waals surface area contributed by atoms with Gasteiger partial charge >= 0.3 is 6.18 Å². The topological polar surface area (TPSA) is 45.0 Å². The monoisotopic (exact) mass is 284 g/mol. The maximum absolute atomic E-state index is 12.5. The van der Waals surface area contributed by atoms with Crippen LogP contribution in [0, 0.1) is 11.3 Å². The second kappa shape index (κ2) is 6.25. The predicted octanol–water partition coefficient (Wildman–Crippen LogP) is 3.04. The summed E-state index contributed by atoms with van der Waals surface area (Å²) in [6.45, 7) is 1.25. The van der Waals surface area contributed by atoms with E-state index in [1.807, 2.05) is 0 Å². The summed E-state index contributed by atoms with van der Waals surface area (Å²) >= 11 is 0. The zero-order valence-electron chi connectivity index (χ0n) is 10.8. The van der Waals surface area contributed by atoms with Crippen LogP contribution in [0.4, 0.5) is 13.2 Å². The van der Waals surface area contributed by atoms with Crippen molar-refractivity contribution < 1.29 is 17.9 Å². The van der Waals surface area contributed by atoms with Crippen molar-refractivity contribution in [3.05, 3.63) is 35.4 Å². The number of halogens is 3. The second-order valence-corrected chi connectivity index (χ2v) is 4.73. The van der Waals surface area contributed by atoms with Crippen molar-refractivity contribution in [1.82, 2.24) is 5.32 Å². The van der Waals surface area contributed by atoms with Crippen molar-refractivity contribution in [1.29, 1.82) is 5.26 Å². The molecule has 108 valence electrons. The van der Waals surface area contributed by atoms with Gasteiger partial charge in [-0.1, -0.05) is 12.1 Å². The van der Waals surface area contributed by atoms with Crippen LogP contribution in [0.15, 0.2) is 24.3 Å². The normalized spacial score (nSPS) is 20.6. The van der Waals surface area contributed by atoms with Crippen LogP contribution in [0.3, 0.4) is 0 Å². The number of benzene rings is 1. The molecule has 20 heavy (non-hydrogen) atoms. The Morgan fingerprint density at radius 1 is 1.35 bits per heavy atom. The maximum Gasteiger partial charge on any atom is 0.416 e. The van der Waals surface area contributed by atoms with Gasteiger partial charge in [-0.25, -0.2) is 0 Å². The van der Waals surface area contributed by atoms with Crippen LogP contribution >= 0.6 is 0 Å². The minimum absolute atomic E-state index is 0.0836. The fourth-order valence-electron chi connectivity index (χ4n) is 2.16. The lowest BCUT2D eigenvalue weighted by molar-refractivity contribution is -0.137. The zero-order valence-corrected chi connectivity index (χ0v) is 10.8. The molecule has 3 nitrogen and oxygen atoms in total. The predicted molar refractivity (Wildman–Crippen MR) is 66.8 cm³/mol. The first kappa shape index (κ1) is 14.8. The summed E-state index contributed by atoms with van der Waals surface area (Å²) in [5.74, 6) is 0. The zero-order chi connectivity index (χ0) is 14.6. The molecular formula is C14H15F3N2O. The van der Waals surface area contributed by atoms with E-state index in [-0.39, 0.29) is 6.10 Å². The van der Waals surface area contributed by atoms with E-state index in [0.717, 1.165) is 31.6 Å². The number of nitriles is 1. The highest BCUT2D eigenvalue weighted by Crippen LogP contribution is 2.29. The molecule has 2 atom stereocenters. The molecule has 1 aliphatic heterocycles. The van der Waals surface area contributed by atoms with E-state index >= 15 is 0 Å². The molecule has 0 aromatic heterocycles.